The van der Waals surface area contributed by atoms with Crippen molar-refractivity contribution in [3.8, 4) is 5.75 Å². The van der Waals surface area contributed by atoms with Crippen LogP contribution in [-0.4, -0.2) is 20.9 Å². The van der Waals surface area contributed by atoms with Crippen LogP contribution < -0.4 is 4.74 Å². The van der Waals surface area contributed by atoms with Crippen molar-refractivity contribution in [2.24, 2.45) is 0 Å². The fraction of sp³-hybridized carbons (Fsp3) is 0.429. The first-order valence-corrected chi connectivity index (χ1v) is 7.33. The Balaban J connectivity index is 2.05. The van der Waals surface area contributed by atoms with Crippen molar-refractivity contribution in [3.63, 3.8) is 0 Å². The molecular formula is C14H18N2O3S. The molecule has 0 spiro atoms. The Bertz CT molecular complexity index is 603. The maximum Gasteiger partial charge on any atom is 0.349 e. The molecule has 1 N–H and O–H groups in total. The maximum absolute atomic E-state index is 11.1. The smallest absolute Gasteiger partial charge is 0.349 e. The number of rotatable bonds is 6. The molecule has 0 amide bonds. The SMILES string of the molecule is CCC(C)n1ccc(COc2cc(C)sc2C(=O)O)n1. The number of aromatic carboxylic acids is 1. The molecule has 2 rings (SSSR count). The van der Waals surface area contributed by atoms with Crippen LogP contribution in [-0.2, 0) is 6.61 Å². The quantitative estimate of drug-likeness (QED) is 0.885. The molecule has 6 heteroatoms. The number of aryl methyl sites for hydroxylation is 1. The largest absolute Gasteiger partial charge is 0.485 e. The Labute approximate surface area is 121 Å². The van der Waals surface area contributed by atoms with Crippen molar-refractivity contribution in [3.05, 3.63) is 33.8 Å². The molecule has 1 atom stereocenters. The van der Waals surface area contributed by atoms with Crippen LogP contribution in [0, 0.1) is 6.92 Å². The second-order valence-corrected chi connectivity index (χ2v) is 5.94. The van der Waals surface area contributed by atoms with Gasteiger partial charge >= 0.3 is 5.97 Å². The van der Waals surface area contributed by atoms with Gasteiger partial charge in [0, 0.05) is 17.1 Å². The first-order chi connectivity index (χ1) is 9.51. The highest BCUT2D eigenvalue weighted by atomic mass is 32.1. The van der Waals surface area contributed by atoms with Gasteiger partial charge < -0.3 is 9.84 Å². The van der Waals surface area contributed by atoms with E-state index < -0.39 is 5.97 Å². The van der Waals surface area contributed by atoms with Crippen LogP contribution in [0.2, 0.25) is 0 Å². The van der Waals surface area contributed by atoms with Gasteiger partial charge in [-0.25, -0.2) is 4.79 Å². The molecule has 0 saturated heterocycles. The van der Waals surface area contributed by atoms with Gasteiger partial charge in [-0.3, -0.25) is 4.68 Å². The molecule has 2 aromatic rings. The van der Waals surface area contributed by atoms with Gasteiger partial charge in [0.2, 0.25) is 0 Å². The Kier molecular flexibility index (Phi) is 4.44. The Morgan fingerprint density at radius 3 is 3.00 bits per heavy atom. The van der Waals surface area contributed by atoms with E-state index in [1.165, 1.54) is 11.3 Å². The summed E-state index contributed by atoms with van der Waals surface area (Å²) in [5.74, 6) is -0.540. The van der Waals surface area contributed by atoms with Crippen molar-refractivity contribution in [1.29, 1.82) is 0 Å². The van der Waals surface area contributed by atoms with Gasteiger partial charge in [0.15, 0.2) is 4.88 Å². The lowest BCUT2D eigenvalue weighted by Crippen LogP contribution is -2.06. The molecule has 0 fully saturated rings. The van der Waals surface area contributed by atoms with Crippen LogP contribution in [0.25, 0.3) is 0 Å². The minimum Gasteiger partial charge on any atom is -0.485 e. The predicted octanol–water partition coefficient (Wildman–Crippen LogP) is 3.50. The molecule has 2 aromatic heterocycles. The minimum atomic E-state index is -0.955. The van der Waals surface area contributed by atoms with Gasteiger partial charge in [0.05, 0.1) is 5.69 Å². The maximum atomic E-state index is 11.1. The third kappa shape index (κ3) is 3.19. The molecule has 0 aliphatic carbocycles. The third-order valence-corrected chi connectivity index (χ3v) is 4.12. The Morgan fingerprint density at radius 2 is 2.35 bits per heavy atom. The summed E-state index contributed by atoms with van der Waals surface area (Å²) >= 11 is 1.22. The van der Waals surface area contributed by atoms with E-state index in [-0.39, 0.29) is 11.5 Å². The van der Waals surface area contributed by atoms with E-state index in [4.69, 9.17) is 9.84 Å². The number of ether oxygens (including phenoxy) is 1. The topological polar surface area (TPSA) is 64.3 Å². The van der Waals surface area contributed by atoms with Crippen LogP contribution in [0.5, 0.6) is 5.75 Å². The molecule has 5 nitrogen and oxygen atoms in total. The highest BCUT2D eigenvalue weighted by molar-refractivity contribution is 7.14. The number of carbonyl (C=O) groups is 1. The number of carboxylic acids is 1. The first kappa shape index (κ1) is 14.6. The van der Waals surface area contributed by atoms with Gasteiger partial charge in [-0.05, 0) is 32.4 Å². The molecule has 0 bridgehead atoms. The number of hydrogen-bond acceptors (Lipinski definition) is 4. The fourth-order valence-corrected chi connectivity index (χ4v) is 2.58. The zero-order valence-corrected chi connectivity index (χ0v) is 12.6. The molecule has 0 radical (unpaired) electrons. The molecule has 1 unspecified atom stereocenters. The second-order valence-electron chi connectivity index (χ2n) is 4.69. The summed E-state index contributed by atoms with van der Waals surface area (Å²) < 4.78 is 7.48. The lowest BCUT2D eigenvalue weighted by Gasteiger charge is -2.08. The standard InChI is InChI=1S/C14H18N2O3S/c1-4-9(2)16-6-5-11(15-16)8-19-12-7-10(3)20-13(12)14(17)18/h5-7,9H,4,8H2,1-3H3,(H,17,18). The summed E-state index contributed by atoms with van der Waals surface area (Å²) in [4.78, 5) is 12.2. The average Bonchev–Trinajstić information content (AvgIpc) is 3.01. The van der Waals surface area contributed by atoms with Crippen LogP contribution in [0.15, 0.2) is 18.3 Å². The molecule has 0 aromatic carbocycles. The van der Waals surface area contributed by atoms with Crippen LogP contribution in [0.1, 0.15) is 46.6 Å². The van der Waals surface area contributed by atoms with E-state index in [0.29, 0.717) is 11.8 Å². The fourth-order valence-electron chi connectivity index (χ4n) is 1.79. The van der Waals surface area contributed by atoms with Gasteiger partial charge in [0.25, 0.3) is 0 Å². The van der Waals surface area contributed by atoms with E-state index in [2.05, 4.69) is 18.9 Å². The van der Waals surface area contributed by atoms with Crippen LogP contribution in [0.4, 0.5) is 0 Å². The van der Waals surface area contributed by atoms with Gasteiger partial charge in [-0.1, -0.05) is 6.92 Å². The number of thiophene rings is 1. The number of carboxylic acid groups (broad SMARTS) is 1. The summed E-state index contributed by atoms with van der Waals surface area (Å²) in [6.07, 6.45) is 2.93. The lowest BCUT2D eigenvalue weighted by atomic mass is 10.3. The highest BCUT2D eigenvalue weighted by Crippen LogP contribution is 2.29. The van der Waals surface area contributed by atoms with E-state index in [1.54, 1.807) is 6.07 Å². The zero-order chi connectivity index (χ0) is 14.7. The Morgan fingerprint density at radius 1 is 1.60 bits per heavy atom. The van der Waals surface area contributed by atoms with Crippen molar-refractivity contribution in [1.82, 2.24) is 9.78 Å². The van der Waals surface area contributed by atoms with Gasteiger partial charge in [0.1, 0.15) is 12.4 Å². The van der Waals surface area contributed by atoms with Crippen LogP contribution in [0.3, 0.4) is 0 Å². The summed E-state index contributed by atoms with van der Waals surface area (Å²) in [6.45, 7) is 6.35. The van der Waals surface area contributed by atoms with Crippen molar-refractivity contribution in [2.75, 3.05) is 0 Å². The van der Waals surface area contributed by atoms with Crippen LogP contribution >= 0.6 is 11.3 Å². The molecular weight excluding hydrogens is 276 g/mol. The Hall–Kier alpha value is -1.82. The molecule has 20 heavy (non-hydrogen) atoms. The molecule has 0 aliphatic heterocycles. The lowest BCUT2D eigenvalue weighted by molar-refractivity contribution is 0.0697. The average molecular weight is 294 g/mol. The predicted molar refractivity (Wildman–Crippen MR) is 77.6 cm³/mol. The van der Waals surface area contributed by atoms with Crippen molar-refractivity contribution in [2.45, 2.75) is 39.8 Å². The third-order valence-electron chi connectivity index (χ3n) is 3.10. The van der Waals surface area contributed by atoms with Crippen molar-refractivity contribution < 1.29 is 14.6 Å². The zero-order valence-electron chi connectivity index (χ0n) is 11.8. The first-order valence-electron chi connectivity index (χ1n) is 6.51. The van der Waals surface area contributed by atoms with E-state index in [9.17, 15) is 4.79 Å². The van der Waals surface area contributed by atoms with Gasteiger partial charge in [-0.15, -0.1) is 11.3 Å². The number of aromatic nitrogens is 2. The summed E-state index contributed by atoms with van der Waals surface area (Å²) in [6, 6.07) is 3.99. The monoisotopic (exact) mass is 294 g/mol. The summed E-state index contributed by atoms with van der Waals surface area (Å²) in [5.41, 5.74) is 0.797. The van der Waals surface area contributed by atoms with E-state index in [0.717, 1.165) is 17.0 Å². The normalized spacial score (nSPS) is 12.3. The summed E-state index contributed by atoms with van der Waals surface area (Å²) in [7, 11) is 0. The number of nitrogens with zero attached hydrogens (tertiary/aromatic N) is 2. The highest BCUT2D eigenvalue weighted by Gasteiger charge is 2.15. The van der Waals surface area contributed by atoms with E-state index in [1.807, 2.05) is 23.9 Å². The molecule has 2 heterocycles. The molecule has 108 valence electrons. The van der Waals surface area contributed by atoms with Crippen molar-refractivity contribution >= 4 is 17.3 Å². The summed E-state index contributed by atoms with van der Waals surface area (Å²) in [5, 5.41) is 13.5. The molecule has 0 saturated carbocycles. The minimum absolute atomic E-state index is 0.240. The van der Waals surface area contributed by atoms with Gasteiger partial charge in [-0.2, -0.15) is 5.10 Å². The van der Waals surface area contributed by atoms with E-state index >= 15 is 0 Å². The second kappa shape index (κ2) is 6.09. The molecule has 0 aliphatic rings. The number of hydrogen-bond donors (Lipinski definition) is 1.